The third-order valence-electron chi connectivity index (χ3n) is 13.9. The van der Waals surface area contributed by atoms with Gasteiger partial charge in [-0.3, -0.25) is 4.79 Å². The van der Waals surface area contributed by atoms with Crippen LogP contribution in [-0.4, -0.2) is 11.8 Å². The molecule has 0 aromatic rings. The summed E-state index contributed by atoms with van der Waals surface area (Å²) in [6.07, 6.45) is 13.1. The van der Waals surface area contributed by atoms with Gasteiger partial charge in [0.1, 0.15) is 5.78 Å². The van der Waals surface area contributed by atoms with E-state index in [0.29, 0.717) is 39.8 Å². The molecule has 0 aromatic heterocycles. The highest BCUT2D eigenvalue weighted by molar-refractivity contribution is 5.83. The van der Waals surface area contributed by atoms with Crippen molar-refractivity contribution in [2.75, 3.05) is 0 Å². The average Bonchev–Trinajstić information content (AvgIpc) is 3.13. The largest absolute Gasteiger partial charge is 0.328 e. The molecule has 2 nitrogen and oxygen atoms in total. The van der Waals surface area contributed by atoms with Crippen LogP contribution in [0.15, 0.2) is 0 Å². The first-order chi connectivity index (χ1) is 14.9. The van der Waals surface area contributed by atoms with Crippen LogP contribution in [0.4, 0.5) is 0 Å². The Morgan fingerprint density at radius 2 is 1.56 bits per heavy atom. The maximum Gasteiger partial charge on any atom is 0.136 e. The standard InChI is InChI=1S/C30H51NO/c1-18-10-13-27(5)23(19(18)2)12-14-29(7)25(27)9-8-24-26-22(20(3)31)11-15-30(26,21(4)32)17-16-28(24,29)6/h18-20,22-26H,8-17,31H2,1-7H3/t18?,19?,20?,22?,23?,24?,25?,26?,27?,28-,29?,30?/m1/s1. The van der Waals surface area contributed by atoms with Crippen LogP contribution in [0.1, 0.15) is 113 Å². The lowest BCUT2D eigenvalue weighted by molar-refractivity contribution is -0.231. The number of nitrogens with two attached hydrogens (primary N) is 1. The van der Waals surface area contributed by atoms with Crippen molar-refractivity contribution in [2.45, 2.75) is 119 Å². The Bertz CT molecular complexity index is 775. The molecule has 12 atom stereocenters. The highest BCUT2D eigenvalue weighted by Gasteiger charge is 2.70. The summed E-state index contributed by atoms with van der Waals surface area (Å²) in [7, 11) is 0. The number of carbonyl (C=O) groups excluding carboxylic acids is 1. The van der Waals surface area contributed by atoms with Crippen molar-refractivity contribution >= 4 is 5.78 Å². The highest BCUT2D eigenvalue weighted by atomic mass is 16.1. The minimum atomic E-state index is -0.0679. The number of fused-ring (bicyclic) bond motifs is 7. The van der Waals surface area contributed by atoms with Crippen molar-refractivity contribution in [1.29, 1.82) is 0 Å². The summed E-state index contributed by atoms with van der Waals surface area (Å²) in [5.74, 6) is 5.74. The van der Waals surface area contributed by atoms with Gasteiger partial charge in [-0.1, -0.05) is 34.6 Å². The molecule has 0 bridgehead atoms. The van der Waals surface area contributed by atoms with Gasteiger partial charge in [0, 0.05) is 11.5 Å². The summed E-state index contributed by atoms with van der Waals surface area (Å²) < 4.78 is 0. The summed E-state index contributed by atoms with van der Waals surface area (Å²) in [5, 5.41) is 0. The minimum Gasteiger partial charge on any atom is -0.328 e. The van der Waals surface area contributed by atoms with Crippen molar-refractivity contribution in [3.63, 3.8) is 0 Å². The topological polar surface area (TPSA) is 43.1 Å². The molecule has 0 saturated heterocycles. The summed E-state index contributed by atoms with van der Waals surface area (Å²) in [5.41, 5.74) is 7.83. The molecule has 5 fully saturated rings. The molecule has 5 saturated carbocycles. The van der Waals surface area contributed by atoms with Gasteiger partial charge in [-0.15, -0.1) is 0 Å². The molecule has 0 radical (unpaired) electrons. The Kier molecular flexibility index (Phi) is 5.34. The molecular formula is C30H51NO. The molecule has 182 valence electrons. The molecule has 5 aliphatic rings. The summed E-state index contributed by atoms with van der Waals surface area (Å²) >= 11 is 0. The maximum atomic E-state index is 13.2. The molecule has 0 spiro atoms. The monoisotopic (exact) mass is 441 g/mol. The first-order valence-corrected chi connectivity index (χ1v) is 14.2. The van der Waals surface area contributed by atoms with Crippen LogP contribution in [0.2, 0.25) is 0 Å². The Hall–Kier alpha value is -0.370. The van der Waals surface area contributed by atoms with Gasteiger partial charge in [0.15, 0.2) is 0 Å². The Morgan fingerprint density at radius 3 is 2.22 bits per heavy atom. The lowest BCUT2D eigenvalue weighted by atomic mass is 9.33. The molecule has 11 unspecified atom stereocenters. The lowest BCUT2D eigenvalue weighted by Gasteiger charge is -2.72. The summed E-state index contributed by atoms with van der Waals surface area (Å²) in [6.45, 7) is 17.3. The van der Waals surface area contributed by atoms with Gasteiger partial charge in [-0.2, -0.15) is 0 Å². The van der Waals surface area contributed by atoms with Gasteiger partial charge in [-0.05, 0) is 136 Å². The van der Waals surface area contributed by atoms with Crippen molar-refractivity contribution in [2.24, 2.45) is 68.8 Å². The van der Waals surface area contributed by atoms with Gasteiger partial charge in [0.05, 0.1) is 0 Å². The van der Waals surface area contributed by atoms with Crippen molar-refractivity contribution in [3.8, 4) is 0 Å². The first kappa shape index (κ1) is 23.4. The quantitative estimate of drug-likeness (QED) is 0.490. The van der Waals surface area contributed by atoms with E-state index in [4.69, 9.17) is 5.73 Å². The smallest absolute Gasteiger partial charge is 0.136 e. The van der Waals surface area contributed by atoms with Crippen LogP contribution in [0.5, 0.6) is 0 Å². The Balaban J connectivity index is 1.55. The third kappa shape index (κ3) is 2.71. The zero-order valence-corrected chi connectivity index (χ0v) is 22.2. The number of carbonyl (C=O) groups is 1. The van der Waals surface area contributed by atoms with Crippen LogP contribution >= 0.6 is 0 Å². The van der Waals surface area contributed by atoms with Crippen LogP contribution in [0.25, 0.3) is 0 Å². The molecule has 0 heterocycles. The summed E-state index contributed by atoms with van der Waals surface area (Å²) in [4.78, 5) is 13.2. The van der Waals surface area contributed by atoms with Crippen LogP contribution in [0, 0.1) is 63.1 Å². The number of rotatable bonds is 2. The molecule has 2 N–H and O–H groups in total. The fraction of sp³-hybridized carbons (Fsp3) is 0.967. The van der Waals surface area contributed by atoms with Gasteiger partial charge >= 0.3 is 0 Å². The zero-order chi connectivity index (χ0) is 23.3. The SMILES string of the molecule is CC(=O)C12CCC(C(C)N)C1C1CCC3C4(C)CCC(C)C(C)C4CCC3(C)[C@]1(C)CC2. The van der Waals surface area contributed by atoms with Crippen molar-refractivity contribution in [3.05, 3.63) is 0 Å². The number of hydrogen-bond acceptors (Lipinski definition) is 2. The molecular weight excluding hydrogens is 390 g/mol. The molecule has 5 rings (SSSR count). The Labute approximate surface area is 198 Å². The van der Waals surface area contributed by atoms with E-state index in [1.54, 1.807) is 0 Å². The predicted octanol–water partition coefficient (Wildman–Crippen LogP) is 7.25. The van der Waals surface area contributed by atoms with Crippen molar-refractivity contribution < 1.29 is 4.79 Å². The number of Topliss-reactive ketones (excluding diaryl/α,β-unsaturated/α-hetero) is 1. The van der Waals surface area contributed by atoms with E-state index < -0.39 is 0 Å². The fourth-order valence-electron chi connectivity index (χ4n) is 11.6. The molecule has 32 heavy (non-hydrogen) atoms. The maximum absolute atomic E-state index is 13.2. The van der Waals surface area contributed by atoms with Gasteiger partial charge in [-0.25, -0.2) is 0 Å². The Morgan fingerprint density at radius 1 is 0.844 bits per heavy atom. The normalized spacial score (nSPS) is 58.2. The highest BCUT2D eigenvalue weighted by Crippen LogP contribution is 2.76. The molecule has 5 aliphatic carbocycles. The van der Waals surface area contributed by atoms with E-state index in [1.165, 1.54) is 51.4 Å². The van der Waals surface area contributed by atoms with Gasteiger partial charge in [0.2, 0.25) is 0 Å². The molecule has 2 heteroatoms. The fourth-order valence-corrected chi connectivity index (χ4v) is 11.6. The summed E-state index contributed by atoms with van der Waals surface area (Å²) in [6, 6.07) is 0.211. The number of ketones is 1. The van der Waals surface area contributed by atoms with E-state index in [1.807, 2.05) is 6.92 Å². The molecule has 0 aromatic carbocycles. The number of hydrogen-bond donors (Lipinski definition) is 1. The van der Waals surface area contributed by atoms with Crippen molar-refractivity contribution in [1.82, 2.24) is 0 Å². The second-order valence-electron chi connectivity index (χ2n) is 14.4. The third-order valence-corrected chi connectivity index (χ3v) is 13.9. The van der Waals surface area contributed by atoms with Crippen LogP contribution in [0.3, 0.4) is 0 Å². The average molecular weight is 442 g/mol. The predicted molar refractivity (Wildman–Crippen MR) is 133 cm³/mol. The van der Waals surface area contributed by atoms with Gasteiger partial charge < -0.3 is 5.73 Å². The lowest BCUT2D eigenvalue weighted by Crippen LogP contribution is -2.66. The molecule has 0 aliphatic heterocycles. The molecule has 0 amide bonds. The first-order valence-electron chi connectivity index (χ1n) is 14.2. The van der Waals surface area contributed by atoms with Crippen LogP contribution < -0.4 is 5.73 Å². The van der Waals surface area contributed by atoms with E-state index in [2.05, 4.69) is 41.5 Å². The second-order valence-corrected chi connectivity index (χ2v) is 14.4. The minimum absolute atomic E-state index is 0.0679. The van der Waals surface area contributed by atoms with E-state index in [9.17, 15) is 4.79 Å². The van der Waals surface area contributed by atoms with E-state index in [0.717, 1.165) is 36.5 Å². The van der Waals surface area contributed by atoms with Crippen LogP contribution in [-0.2, 0) is 4.79 Å². The second kappa shape index (κ2) is 7.32. The zero-order valence-electron chi connectivity index (χ0n) is 22.2. The van der Waals surface area contributed by atoms with E-state index in [-0.39, 0.29) is 11.5 Å². The van der Waals surface area contributed by atoms with Gasteiger partial charge in [0.25, 0.3) is 0 Å². The van der Waals surface area contributed by atoms with E-state index >= 15 is 0 Å².